The predicted molar refractivity (Wildman–Crippen MR) is 122 cm³/mol. The molecule has 3 heterocycles. The Morgan fingerprint density at radius 1 is 0.733 bits per heavy atom. The number of pyridine rings is 1. The normalized spacial score (nSPS) is 14.5. The van der Waals surface area contributed by atoms with Gasteiger partial charge >= 0.3 is 0 Å². The van der Waals surface area contributed by atoms with Crippen LogP contribution in [-0.2, 0) is 0 Å². The molecule has 0 fully saturated rings. The van der Waals surface area contributed by atoms with E-state index in [0.717, 1.165) is 33.0 Å². The molecule has 0 atom stereocenters. The molecule has 1 aliphatic rings. The van der Waals surface area contributed by atoms with Gasteiger partial charge < -0.3 is 0 Å². The van der Waals surface area contributed by atoms with Gasteiger partial charge in [0.2, 0.25) is 5.95 Å². The van der Waals surface area contributed by atoms with Crippen molar-refractivity contribution in [2.24, 2.45) is 5.41 Å². The van der Waals surface area contributed by atoms with Crippen LogP contribution in [0.25, 0.3) is 51.3 Å². The topological polar surface area (TPSA) is 43.6 Å². The number of rotatable bonds is 2. The van der Waals surface area contributed by atoms with Crippen LogP contribution >= 0.6 is 0 Å². The molecule has 2 aromatic carbocycles. The van der Waals surface area contributed by atoms with Crippen molar-refractivity contribution in [1.29, 1.82) is 0 Å². The molecule has 0 aliphatic heterocycles. The van der Waals surface area contributed by atoms with Crippen molar-refractivity contribution in [3.63, 3.8) is 0 Å². The minimum Gasteiger partial charge on any atom is -0.278 e. The Kier molecular flexibility index (Phi) is 3.48. The van der Waals surface area contributed by atoms with Gasteiger partial charge in [-0.25, -0.2) is 9.97 Å². The van der Waals surface area contributed by atoms with Crippen LogP contribution in [-0.4, -0.2) is 19.5 Å². The number of aromatic nitrogens is 4. The third-order valence-electron chi connectivity index (χ3n) is 5.68. The highest BCUT2D eigenvalue weighted by Gasteiger charge is 2.22. The average Bonchev–Trinajstić information content (AvgIpc) is 3.26. The zero-order chi connectivity index (χ0) is 20.3. The molecular weight excluding hydrogens is 368 g/mol. The second-order valence-corrected chi connectivity index (χ2v) is 8.37. The minimum absolute atomic E-state index is 0.0695. The third-order valence-corrected chi connectivity index (χ3v) is 5.68. The van der Waals surface area contributed by atoms with E-state index in [1.165, 1.54) is 10.8 Å². The van der Waals surface area contributed by atoms with E-state index < -0.39 is 0 Å². The van der Waals surface area contributed by atoms with Crippen molar-refractivity contribution in [3.8, 4) is 17.3 Å². The fourth-order valence-corrected chi connectivity index (χ4v) is 4.43. The van der Waals surface area contributed by atoms with Crippen LogP contribution in [0.2, 0.25) is 0 Å². The first-order chi connectivity index (χ1) is 14.6. The van der Waals surface area contributed by atoms with Gasteiger partial charge in [-0.05, 0) is 30.3 Å². The minimum atomic E-state index is -0.0695. The van der Waals surface area contributed by atoms with Crippen LogP contribution in [0, 0.1) is 5.41 Å². The first kappa shape index (κ1) is 17.1. The molecule has 0 amide bonds. The maximum absolute atomic E-state index is 5.06. The Hall–Kier alpha value is -3.79. The van der Waals surface area contributed by atoms with Crippen LogP contribution in [0.5, 0.6) is 0 Å². The SMILES string of the molecule is CC1(C)C=c2nc(-n3c4ccccc4c4ccccc43)nc(-c3ccccn3)c2=C1. The lowest BCUT2D eigenvalue weighted by Crippen LogP contribution is -2.31. The summed E-state index contributed by atoms with van der Waals surface area (Å²) in [6.07, 6.45) is 6.27. The number of benzene rings is 2. The van der Waals surface area contributed by atoms with Crippen molar-refractivity contribution < 1.29 is 0 Å². The zero-order valence-corrected chi connectivity index (χ0v) is 16.9. The second kappa shape index (κ2) is 6.10. The van der Waals surface area contributed by atoms with Crippen molar-refractivity contribution >= 4 is 34.0 Å². The standard InChI is InChI=1S/C26H20N4/c1-26(2)15-19-21(16-26)28-25(29-24(19)20-11-7-8-14-27-20)30-22-12-5-3-9-17(22)18-10-4-6-13-23(18)30/h3-16H,1-2H3. The maximum atomic E-state index is 5.06. The Labute approximate surface area is 173 Å². The van der Waals surface area contributed by atoms with Crippen LogP contribution < -0.4 is 10.6 Å². The lowest BCUT2D eigenvalue weighted by atomic mass is 9.96. The van der Waals surface area contributed by atoms with E-state index in [1.54, 1.807) is 0 Å². The molecule has 4 heteroatoms. The molecule has 1 aliphatic carbocycles. The van der Waals surface area contributed by atoms with E-state index >= 15 is 0 Å². The molecule has 30 heavy (non-hydrogen) atoms. The molecule has 144 valence electrons. The number of para-hydroxylation sites is 2. The van der Waals surface area contributed by atoms with Crippen LogP contribution in [0.3, 0.4) is 0 Å². The first-order valence-electron chi connectivity index (χ1n) is 10.1. The zero-order valence-electron chi connectivity index (χ0n) is 16.9. The lowest BCUT2D eigenvalue weighted by Gasteiger charge is -2.09. The van der Waals surface area contributed by atoms with Gasteiger partial charge in [0.05, 0.1) is 22.1 Å². The average molecular weight is 388 g/mol. The van der Waals surface area contributed by atoms with E-state index in [0.29, 0.717) is 5.95 Å². The summed E-state index contributed by atoms with van der Waals surface area (Å²) in [5.41, 5.74) is 3.87. The van der Waals surface area contributed by atoms with Gasteiger partial charge in [-0.1, -0.05) is 62.4 Å². The highest BCUT2D eigenvalue weighted by molar-refractivity contribution is 6.08. The van der Waals surface area contributed by atoms with E-state index in [1.807, 2.05) is 24.4 Å². The number of hydrogen-bond acceptors (Lipinski definition) is 3. The molecule has 3 aromatic heterocycles. The van der Waals surface area contributed by atoms with Gasteiger partial charge in [0.15, 0.2) is 0 Å². The van der Waals surface area contributed by atoms with Gasteiger partial charge in [-0.3, -0.25) is 9.55 Å². The smallest absolute Gasteiger partial charge is 0.235 e. The Balaban J connectivity index is 1.76. The summed E-state index contributed by atoms with van der Waals surface area (Å²) in [4.78, 5) is 14.7. The highest BCUT2D eigenvalue weighted by atomic mass is 15.2. The number of nitrogens with zero attached hydrogens (tertiary/aromatic N) is 4. The summed E-state index contributed by atoms with van der Waals surface area (Å²) in [5.74, 6) is 0.675. The predicted octanol–water partition coefficient (Wildman–Crippen LogP) is 4.24. The van der Waals surface area contributed by atoms with Crippen molar-refractivity contribution in [3.05, 3.63) is 83.5 Å². The molecular formula is C26H20N4. The Morgan fingerprint density at radius 3 is 2.07 bits per heavy atom. The van der Waals surface area contributed by atoms with E-state index in [9.17, 15) is 0 Å². The van der Waals surface area contributed by atoms with Crippen LogP contribution in [0.4, 0.5) is 0 Å². The fourth-order valence-electron chi connectivity index (χ4n) is 4.43. The first-order valence-corrected chi connectivity index (χ1v) is 10.1. The number of fused-ring (bicyclic) bond motifs is 4. The molecule has 0 unspecified atom stereocenters. The van der Waals surface area contributed by atoms with Crippen LogP contribution in [0.1, 0.15) is 13.8 Å². The summed E-state index contributed by atoms with van der Waals surface area (Å²) < 4.78 is 2.16. The highest BCUT2D eigenvalue weighted by Crippen LogP contribution is 2.31. The fraction of sp³-hybridized carbons (Fsp3) is 0.115. The molecule has 0 bridgehead atoms. The summed E-state index contributed by atoms with van der Waals surface area (Å²) >= 11 is 0. The Bertz CT molecular complexity index is 1510. The van der Waals surface area contributed by atoms with Gasteiger partial charge in [-0.2, -0.15) is 0 Å². The lowest BCUT2D eigenvalue weighted by molar-refractivity contribution is 0.723. The van der Waals surface area contributed by atoms with Crippen LogP contribution in [0.15, 0.2) is 72.9 Å². The Morgan fingerprint density at radius 2 is 1.40 bits per heavy atom. The van der Waals surface area contributed by atoms with E-state index in [-0.39, 0.29) is 5.41 Å². The van der Waals surface area contributed by atoms with Crippen molar-refractivity contribution in [1.82, 2.24) is 19.5 Å². The third kappa shape index (κ3) is 2.50. The quantitative estimate of drug-likeness (QED) is 0.454. The van der Waals surface area contributed by atoms with Gasteiger partial charge in [0, 0.05) is 27.6 Å². The summed E-state index contributed by atoms with van der Waals surface area (Å²) in [5, 5.41) is 4.43. The molecule has 4 nitrogen and oxygen atoms in total. The van der Waals surface area contributed by atoms with Gasteiger partial charge in [0.25, 0.3) is 0 Å². The van der Waals surface area contributed by atoms with E-state index in [2.05, 4.69) is 84.1 Å². The van der Waals surface area contributed by atoms with Gasteiger partial charge in [0.1, 0.15) is 5.69 Å². The van der Waals surface area contributed by atoms with Crippen molar-refractivity contribution in [2.45, 2.75) is 13.8 Å². The van der Waals surface area contributed by atoms with Crippen molar-refractivity contribution in [2.75, 3.05) is 0 Å². The molecule has 0 saturated heterocycles. The summed E-state index contributed by atoms with van der Waals surface area (Å²) in [6.45, 7) is 4.38. The maximum Gasteiger partial charge on any atom is 0.235 e. The molecule has 6 rings (SSSR count). The number of hydrogen-bond donors (Lipinski definition) is 0. The molecule has 0 N–H and O–H groups in total. The second-order valence-electron chi connectivity index (χ2n) is 8.37. The molecule has 0 radical (unpaired) electrons. The van der Waals surface area contributed by atoms with E-state index in [4.69, 9.17) is 9.97 Å². The van der Waals surface area contributed by atoms with Gasteiger partial charge in [-0.15, -0.1) is 0 Å². The monoisotopic (exact) mass is 388 g/mol. The summed E-state index contributed by atoms with van der Waals surface area (Å²) in [6, 6.07) is 22.8. The largest absolute Gasteiger partial charge is 0.278 e. The summed E-state index contributed by atoms with van der Waals surface area (Å²) in [7, 11) is 0. The molecule has 5 aromatic rings. The molecule has 0 spiro atoms. The molecule has 0 saturated carbocycles.